The first-order valence-electron chi connectivity index (χ1n) is 10.7. The zero-order chi connectivity index (χ0) is 21.8. The van der Waals surface area contributed by atoms with E-state index in [0.717, 1.165) is 25.7 Å². The average molecular weight is 445 g/mol. The van der Waals surface area contributed by atoms with Gasteiger partial charge in [-0.05, 0) is 49.6 Å². The van der Waals surface area contributed by atoms with Crippen LogP contribution < -0.4 is 14.8 Å². The lowest BCUT2D eigenvalue weighted by Gasteiger charge is -2.26. The van der Waals surface area contributed by atoms with Crippen LogP contribution in [0.4, 0.5) is 0 Å². The molecule has 7 nitrogen and oxygen atoms in total. The molecule has 2 aromatic rings. The third-order valence-electron chi connectivity index (χ3n) is 5.69. The van der Waals surface area contributed by atoms with E-state index in [0.29, 0.717) is 42.3 Å². The van der Waals surface area contributed by atoms with Gasteiger partial charge in [-0.25, -0.2) is 8.42 Å². The fourth-order valence-corrected chi connectivity index (χ4v) is 5.68. The molecule has 166 valence electrons. The van der Waals surface area contributed by atoms with Gasteiger partial charge in [-0.3, -0.25) is 4.79 Å². The molecule has 0 unspecified atom stereocenters. The van der Waals surface area contributed by atoms with Gasteiger partial charge in [0.15, 0.2) is 11.5 Å². The summed E-state index contributed by atoms with van der Waals surface area (Å²) in [4.78, 5) is 12.9. The van der Waals surface area contributed by atoms with Crippen LogP contribution in [0, 0.1) is 6.92 Å². The molecule has 2 aliphatic rings. The first kappa shape index (κ1) is 21.6. The number of para-hydroxylation sites is 2. The number of ether oxygens (including phenoxy) is 2. The second kappa shape index (κ2) is 9.28. The maximum absolute atomic E-state index is 13.2. The number of aryl methyl sites for hydroxylation is 1. The lowest BCUT2D eigenvalue weighted by Crippen LogP contribution is -2.40. The van der Waals surface area contributed by atoms with E-state index in [9.17, 15) is 13.2 Å². The SMILES string of the molecule is Cc1ccc(C(=O)NC[C@@H]2COc3ccccc3O2)cc1S(=O)(=O)N1CCCCCC1. The van der Waals surface area contributed by atoms with Crippen molar-refractivity contribution in [3.8, 4) is 11.5 Å². The predicted octanol–water partition coefficient (Wildman–Crippen LogP) is 3.13. The van der Waals surface area contributed by atoms with E-state index in [2.05, 4.69) is 5.32 Å². The smallest absolute Gasteiger partial charge is 0.251 e. The summed E-state index contributed by atoms with van der Waals surface area (Å²) in [5, 5.41) is 2.83. The van der Waals surface area contributed by atoms with Crippen LogP contribution in [-0.4, -0.2) is 51.0 Å². The molecule has 1 atom stereocenters. The number of carbonyl (C=O) groups excluding carboxylic acids is 1. The Morgan fingerprint density at radius 2 is 1.77 bits per heavy atom. The summed E-state index contributed by atoms with van der Waals surface area (Å²) in [5.41, 5.74) is 0.956. The van der Waals surface area contributed by atoms with Gasteiger partial charge >= 0.3 is 0 Å². The van der Waals surface area contributed by atoms with Crippen molar-refractivity contribution < 1.29 is 22.7 Å². The standard InChI is InChI=1S/C23H28N2O5S/c1-17-10-11-18(14-22(17)31(27,28)25-12-6-2-3-7-13-25)23(26)24-15-19-16-29-20-8-4-5-9-21(20)30-19/h4-5,8-11,14,19H,2-3,6-7,12-13,15-16H2,1H3,(H,24,26)/t19-/m1/s1. The number of hydrogen-bond donors (Lipinski definition) is 1. The Balaban J connectivity index is 1.44. The Morgan fingerprint density at radius 3 is 2.52 bits per heavy atom. The molecule has 1 fully saturated rings. The summed E-state index contributed by atoms with van der Waals surface area (Å²) in [6, 6.07) is 12.2. The van der Waals surface area contributed by atoms with Crippen molar-refractivity contribution in [1.29, 1.82) is 0 Å². The van der Waals surface area contributed by atoms with E-state index in [1.54, 1.807) is 23.4 Å². The highest BCUT2D eigenvalue weighted by Crippen LogP contribution is 2.30. The van der Waals surface area contributed by atoms with Crippen LogP contribution in [0.5, 0.6) is 11.5 Å². The minimum absolute atomic E-state index is 0.202. The molecule has 0 aromatic heterocycles. The number of nitrogens with one attached hydrogen (secondary N) is 1. The Kier molecular flexibility index (Phi) is 6.48. The predicted molar refractivity (Wildman–Crippen MR) is 117 cm³/mol. The van der Waals surface area contributed by atoms with Gasteiger partial charge in [-0.2, -0.15) is 4.31 Å². The van der Waals surface area contributed by atoms with E-state index in [4.69, 9.17) is 9.47 Å². The molecule has 0 radical (unpaired) electrons. The minimum atomic E-state index is -3.63. The number of sulfonamides is 1. The Bertz CT molecular complexity index is 1050. The van der Waals surface area contributed by atoms with Crippen LogP contribution in [-0.2, 0) is 10.0 Å². The number of hydrogen-bond acceptors (Lipinski definition) is 5. The summed E-state index contributed by atoms with van der Waals surface area (Å²) >= 11 is 0. The van der Waals surface area contributed by atoms with Gasteiger partial charge in [-0.15, -0.1) is 0 Å². The monoisotopic (exact) mass is 444 g/mol. The molecular formula is C23H28N2O5S. The molecule has 1 saturated heterocycles. The van der Waals surface area contributed by atoms with Crippen LogP contribution in [0.15, 0.2) is 47.4 Å². The van der Waals surface area contributed by atoms with Crippen molar-refractivity contribution in [2.24, 2.45) is 0 Å². The van der Waals surface area contributed by atoms with Crippen LogP contribution in [0.1, 0.15) is 41.6 Å². The summed E-state index contributed by atoms with van der Waals surface area (Å²) in [7, 11) is -3.63. The molecule has 31 heavy (non-hydrogen) atoms. The molecule has 0 aliphatic carbocycles. The van der Waals surface area contributed by atoms with Gasteiger partial charge in [0.2, 0.25) is 10.0 Å². The van der Waals surface area contributed by atoms with E-state index >= 15 is 0 Å². The van der Waals surface area contributed by atoms with Crippen molar-refractivity contribution in [3.63, 3.8) is 0 Å². The number of benzene rings is 2. The quantitative estimate of drug-likeness (QED) is 0.766. The molecule has 1 amide bonds. The maximum Gasteiger partial charge on any atom is 0.251 e. The second-order valence-corrected chi connectivity index (χ2v) is 9.91. The van der Waals surface area contributed by atoms with Crippen LogP contribution in [0.3, 0.4) is 0 Å². The fourth-order valence-electron chi connectivity index (χ4n) is 3.91. The van der Waals surface area contributed by atoms with Crippen molar-refractivity contribution in [2.45, 2.75) is 43.6 Å². The third kappa shape index (κ3) is 4.85. The molecule has 0 spiro atoms. The molecule has 4 rings (SSSR count). The van der Waals surface area contributed by atoms with Crippen LogP contribution in [0.2, 0.25) is 0 Å². The number of nitrogens with zero attached hydrogens (tertiary/aromatic N) is 1. The van der Waals surface area contributed by atoms with Gasteiger partial charge in [0.1, 0.15) is 12.7 Å². The minimum Gasteiger partial charge on any atom is -0.486 e. The molecule has 2 aliphatic heterocycles. The topological polar surface area (TPSA) is 84.9 Å². The van der Waals surface area contributed by atoms with E-state index in [1.165, 1.54) is 6.07 Å². The summed E-state index contributed by atoms with van der Waals surface area (Å²) in [6.07, 6.45) is 3.51. The highest BCUT2D eigenvalue weighted by Gasteiger charge is 2.28. The molecule has 8 heteroatoms. The zero-order valence-corrected chi connectivity index (χ0v) is 18.5. The lowest BCUT2D eigenvalue weighted by molar-refractivity contribution is 0.0789. The Hall–Kier alpha value is -2.58. The fraction of sp³-hybridized carbons (Fsp3) is 0.435. The van der Waals surface area contributed by atoms with Crippen LogP contribution in [0.25, 0.3) is 0 Å². The molecule has 0 saturated carbocycles. The first-order chi connectivity index (χ1) is 14.9. The van der Waals surface area contributed by atoms with Crippen molar-refractivity contribution >= 4 is 15.9 Å². The Labute approximate surface area is 183 Å². The Morgan fingerprint density at radius 1 is 1.06 bits per heavy atom. The van der Waals surface area contributed by atoms with Crippen molar-refractivity contribution in [2.75, 3.05) is 26.2 Å². The molecule has 1 N–H and O–H groups in total. The van der Waals surface area contributed by atoms with E-state index in [1.807, 2.05) is 24.3 Å². The van der Waals surface area contributed by atoms with Gasteiger partial charge in [0.05, 0.1) is 11.4 Å². The summed E-state index contributed by atoms with van der Waals surface area (Å²) < 4.78 is 39.5. The van der Waals surface area contributed by atoms with Gasteiger partial charge in [0.25, 0.3) is 5.91 Å². The number of rotatable bonds is 5. The number of carbonyl (C=O) groups is 1. The van der Waals surface area contributed by atoms with E-state index in [-0.39, 0.29) is 23.5 Å². The van der Waals surface area contributed by atoms with Gasteiger partial charge in [-0.1, -0.05) is 31.0 Å². The normalized spacial score (nSPS) is 19.5. The van der Waals surface area contributed by atoms with Gasteiger partial charge < -0.3 is 14.8 Å². The average Bonchev–Trinajstić information content (AvgIpc) is 3.08. The van der Waals surface area contributed by atoms with E-state index < -0.39 is 10.0 Å². The third-order valence-corrected chi connectivity index (χ3v) is 7.73. The van der Waals surface area contributed by atoms with Crippen LogP contribution >= 0.6 is 0 Å². The highest BCUT2D eigenvalue weighted by molar-refractivity contribution is 7.89. The lowest BCUT2D eigenvalue weighted by atomic mass is 10.1. The first-order valence-corrected chi connectivity index (χ1v) is 12.2. The largest absolute Gasteiger partial charge is 0.486 e. The second-order valence-electron chi connectivity index (χ2n) is 8.01. The van der Waals surface area contributed by atoms with Crippen molar-refractivity contribution in [1.82, 2.24) is 9.62 Å². The highest BCUT2D eigenvalue weighted by atomic mass is 32.2. The van der Waals surface area contributed by atoms with Gasteiger partial charge in [0, 0.05) is 18.7 Å². The molecule has 0 bridgehead atoms. The van der Waals surface area contributed by atoms with Crippen molar-refractivity contribution in [3.05, 3.63) is 53.6 Å². The molecular weight excluding hydrogens is 416 g/mol. The number of fused-ring (bicyclic) bond motifs is 1. The summed E-state index contributed by atoms with van der Waals surface area (Å²) in [6.45, 7) is 3.41. The number of amides is 1. The zero-order valence-electron chi connectivity index (χ0n) is 17.7. The maximum atomic E-state index is 13.2. The molecule has 2 heterocycles. The molecule has 2 aromatic carbocycles. The summed E-state index contributed by atoms with van der Waals surface area (Å²) in [5.74, 6) is 0.996.